The van der Waals surface area contributed by atoms with Crippen molar-refractivity contribution < 1.29 is 33.1 Å². The number of hydrogen-bond acceptors (Lipinski definition) is 12. The van der Waals surface area contributed by atoms with Gasteiger partial charge in [0.05, 0.1) is 18.2 Å². The molecule has 1 aromatic carbocycles. The molecule has 278 valence electrons. The summed E-state index contributed by atoms with van der Waals surface area (Å²) in [5.74, 6) is 0. The summed E-state index contributed by atoms with van der Waals surface area (Å²) in [7, 11) is 1.68. The largest absolute Gasteiger partial charge is 0.388 e. The lowest BCUT2D eigenvalue weighted by molar-refractivity contribution is -0.0542. The molecule has 0 spiro atoms. The molecule has 11 atom stereocenters. The van der Waals surface area contributed by atoms with Gasteiger partial charge in [-0.15, -0.1) is 0 Å². The summed E-state index contributed by atoms with van der Waals surface area (Å²) < 4.78 is 41.1. The minimum atomic E-state index is -1.35. The molecule has 3 aromatic rings. The molecule has 16 nitrogen and oxygen atoms in total. The van der Waals surface area contributed by atoms with Gasteiger partial charge < -0.3 is 33.1 Å². The molecule has 4 fully saturated rings. The lowest BCUT2D eigenvalue weighted by atomic mass is 9.87. The topological polar surface area (TPSA) is 189 Å². The highest BCUT2D eigenvalue weighted by Gasteiger charge is 2.57. The zero-order chi connectivity index (χ0) is 36.4. The number of ether oxygens (including phenoxy) is 4. The number of benzene rings is 1. The van der Waals surface area contributed by atoms with Crippen LogP contribution in [0, 0.1) is 0 Å². The highest BCUT2D eigenvalue weighted by Crippen LogP contribution is 2.64. The Balaban J connectivity index is 0.000000211. The van der Waals surface area contributed by atoms with Crippen molar-refractivity contribution >= 4 is 8.53 Å². The first kappa shape index (κ1) is 37.4. The Labute approximate surface area is 295 Å². The Morgan fingerprint density at radius 3 is 1.96 bits per heavy atom. The van der Waals surface area contributed by atoms with E-state index in [0.717, 1.165) is 24.9 Å². The third kappa shape index (κ3) is 7.21. The predicted molar refractivity (Wildman–Crippen MR) is 185 cm³/mol. The fourth-order valence-corrected chi connectivity index (χ4v) is 9.56. The van der Waals surface area contributed by atoms with Gasteiger partial charge in [0.1, 0.15) is 30.0 Å². The van der Waals surface area contributed by atoms with Crippen LogP contribution in [0.1, 0.15) is 64.5 Å². The van der Waals surface area contributed by atoms with Gasteiger partial charge in [-0.25, -0.2) is 14.3 Å². The summed E-state index contributed by atoms with van der Waals surface area (Å²) in [5.41, 5.74) is -1.36. The maximum atomic E-state index is 12.4. The maximum Gasteiger partial charge on any atom is 0.330 e. The van der Waals surface area contributed by atoms with Crippen molar-refractivity contribution in [1.82, 2.24) is 23.8 Å². The molecule has 0 bridgehead atoms. The van der Waals surface area contributed by atoms with Gasteiger partial charge in [0.25, 0.3) is 19.6 Å². The molecule has 4 aliphatic rings. The summed E-state index contributed by atoms with van der Waals surface area (Å²) in [5, 5.41) is 9.99. The van der Waals surface area contributed by atoms with E-state index in [4.69, 9.17) is 28.0 Å². The SMILES string of the molecule is CC[C@H]1O[C@@H](n2ccc(=O)[nH]c2=O)C(OC)[C@H]1O.CC[C@H]1O[C@@H](n2ccc(=O)[nH]c2=O)C(OC)[C@H]1O[P@@]1O[C@](C)(c2ccccc2)[C@@H]2CCCN21. The summed E-state index contributed by atoms with van der Waals surface area (Å²) in [6.07, 6.45) is 1.70. The van der Waals surface area contributed by atoms with Crippen molar-refractivity contribution in [2.45, 2.75) is 107 Å². The Bertz CT molecular complexity index is 1870. The number of nitrogens with one attached hydrogen (secondary N) is 2. The van der Waals surface area contributed by atoms with E-state index in [9.17, 15) is 24.3 Å². The van der Waals surface area contributed by atoms with Crippen LogP contribution in [0.25, 0.3) is 0 Å². The second-order valence-corrected chi connectivity index (χ2v) is 14.4. The van der Waals surface area contributed by atoms with Crippen molar-refractivity contribution in [3.8, 4) is 0 Å². The Morgan fingerprint density at radius 1 is 0.843 bits per heavy atom. The van der Waals surface area contributed by atoms with Crippen molar-refractivity contribution in [2.75, 3.05) is 20.8 Å². The van der Waals surface area contributed by atoms with Gasteiger partial charge in [0.2, 0.25) is 0 Å². The highest BCUT2D eigenvalue weighted by atomic mass is 31.2. The van der Waals surface area contributed by atoms with Crippen LogP contribution in [0.15, 0.2) is 74.0 Å². The molecule has 51 heavy (non-hydrogen) atoms. The summed E-state index contributed by atoms with van der Waals surface area (Å²) in [6, 6.07) is 13.1. The van der Waals surface area contributed by atoms with E-state index < -0.39 is 79.6 Å². The van der Waals surface area contributed by atoms with E-state index in [1.165, 1.54) is 40.8 Å². The number of aromatic amines is 2. The normalized spacial score (nSPS) is 34.7. The molecule has 3 N–H and O–H groups in total. The van der Waals surface area contributed by atoms with Gasteiger partial charge in [-0.3, -0.25) is 28.7 Å². The smallest absolute Gasteiger partial charge is 0.330 e. The van der Waals surface area contributed by atoms with Gasteiger partial charge in [-0.05, 0) is 38.2 Å². The van der Waals surface area contributed by atoms with Gasteiger partial charge >= 0.3 is 11.4 Å². The van der Waals surface area contributed by atoms with Crippen molar-refractivity contribution in [1.29, 1.82) is 0 Å². The van der Waals surface area contributed by atoms with Gasteiger partial charge in [0.15, 0.2) is 12.5 Å². The van der Waals surface area contributed by atoms with E-state index in [0.29, 0.717) is 12.8 Å². The minimum absolute atomic E-state index is 0.243. The third-order valence-electron chi connectivity index (χ3n) is 10.1. The number of aliphatic hydroxyl groups is 1. The van der Waals surface area contributed by atoms with Crippen LogP contribution in [-0.4, -0.2) is 92.3 Å². The molecule has 4 saturated heterocycles. The van der Waals surface area contributed by atoms with Crippen molar-refractivity contribution in [2.24, 2.45) is 0 Å². The summed E-state index contributed by atoms with van der Waals surface area (Å²) in [4.78, 5) is 51.1. The minimum Gasteiger partial charge on any atom is -0.388 e. The molecule has 0 aliphatic carbocycles. The van der Waals surface area contributed by atoms with Crippen LogP contribution >= 0.6 is 8.53 Å². The molecule has 0 amide bonds. The fraction of sp³-hybridized carbons (Fsp3) is 0.588. The number of hydrogen-bond donors (Lipinski definition) is 3. The van der Waals surface area contributed by atoms with Crippen molar-refractivity contribution in [3.63, 3.8) is 0 Å². The van der Waals surface area contributed by atoms with Crippen LogP contribution in [0.5, 0.6) is 0 Å². The third-order valence-corrected chi connectivity index (χ3v) is 12.0. The van der Waals surface area contributed by atoms with E-state index in [1.807, 2.05) is 32.0 Å². The van der Waals surface area contributed by atoms with Crippen LogP contribution in [-0.2, 0) is 33.6 Å². The Morgan fingerprint density at radius 2 is 1.41 bits per heavy atom. The number of aliphatic hydroxyl groups excluding tert-OH is 1. The van der Waals surface area contributed by atoms with E-state index >= 15 is 0 Å². The molecule has 4 aliphatic heterocycles. The second kappa shape index (κ2) is 15.7. The van der Waals surface area contributed by atoms with E-state index in [1.54, 1.807) is 7.11 Å². The quantitative estimate of drug-likeness (QED) is 0.273. The lowest BCUT2D eigenvalue weighted by Gasteiger charge is -2.29. The first-order chi connectivity index (χ1) is 24.5. The molecule has 6 heterocycles. The molecule has 0 saturated carbocycles. The molecule has 2 aromatic heterocycles. The van der Waals surface area contributed by atoms with E-state index in [2.05, 4.69) is 33.7 Å². The first-order valence-corrected chi connectivity index (χ1v) is 18.3. The number of fused-ring (bicyclic) bond motifs is 1. The summed E-state index contributed by atoms with van der Waals surface area (Å²) >= 11 is 0. The number of methoxy groups -OCH3 is 2. The molecule has 7 rings (SSSR count). The number of H-pyrrole nitrogens is 2. The summed E-state index contributed by atoms with van der Waals surface area (Å²) in [6.45, 7) is 6.96. The molecular weight excluding hydrogens is 685 g/mol. The van der Waals surface area contributed by atoms with Crippen LogP contribution in [0.2, 0.25) is 0 Å². The average Bonchev–Trinajstić information content (AvgIpc) is 3.88. The fourth-order valence-electron chi connectivity index (χ4n) is 7.41. The molecule has 2 unspecified atom stereocenters. The standard InChI is InChI=1S/C23H30N3O6P.C11H16N2O5/c1-4-16-19(20(29-3)21(30-16)25-14-12-18(27)24-22(25)28)31-33-26-13-8-11-17(26)23(2,32-33)15-9-6-5-7-10-15;1-3-6-8(15)9(17-2)10(18-6)13-5-4-7(14)12-11(13)16/h5-7,9-10,12,14,16-17,19-21H,4,8,11,13H2,1-3H3,(H,24,27,28);4-6,8-10,15H,3H2,1-2H3,(H,12,14,16)/t16-,17+,19+,20?,21-,23-,33+;6-,8+,9?,10-/m11/s1. The van der Waals surface area contributed by atoms with Gasteiger partial charge in [-0.1, -0.05) is 44.2 Å². The van der Waals surface area contributed by atoms with Crippen molar-refractivity contribution in [3.05, 3.63) is 102 Å². The van der Waals surface area contributed by atoms with E-state index in [-0.39, 0.29) is 12.1 Å². The first-order valence-electron chi connectivity index (χ1n) is 17.2. The predicted octanol–water partition coefficient (Wildman–Crippen LogP) is 2.10. The number of nitrogens with zero attached hydrogens (tertiary/aromatic N) is 3. The molecule has 0 radical (unpaired) electrons. The number of rotatable bonds is 9. The van der Waals surface area contributed by atoms with Crippen LogP contribution in [0.3, 0.4) is 0 Å². The zero-order valence-electron chi connectivity index (χ0n) is 29.2. The lowest BCUT2D eigenvalue weighted by Crippen LogP contribution is -2.39. The number of aromatic nitrogens is 4. The van der Waals surface area contributed by atoms with Crippen LogP contribution < -0.4 is 22.5 Å². The molecular formula is C34H46N5O11P. The maximum absolute atomic E-state index is 12.4. The highest BCUT2D eigenvalue weighted by molar-refractivity contribution is 7.45. The van der Waals surface area contributed by atoms with Crippen LogP contribution in [0.4, 0.5) is 0 Å². The molecule has 17 heteroatoms. The zero-order valence-corrected chi connectivity index (χ0v) is 30.1. The Kier molecular flexibility index (Phi) is 11.6. The monoisotopic (exact) mass is 731 g/mol. The second-order valence-electron chi connectivity index (χ2n) is 13.1. The van der Waals surface area contributed by atoms with Gasteiger partial charge in [0, 0.05) is 45.3 Å². The van der Waals surface area contributed by atoms with Gasteiger partial charge in [-0.2, -0.15) is 0 Å². The average molecular weight is 732 g/mol. The Hall–Kier alpha value is -3.31.